The van der Waals surface area contributed by atoms with Gasteiger partial charge in [-0.15, -0.1) is 0 Å². The van der Waals surface area contributed by atoms with Gasteiger partial charge in [-0.2, -0.15) is 0 Å². The van der Waals surface area contributed by atoms with Crippen LogP contribution in [0.1, 0.15) is 12.0 Å². The first kappa shape index (κ1) is 9.83. The highest BCUT2D eigenvalue weighted by atomic mass is 16.5. The number of ether oxygens (including phenoxy) is 1. The third-order valence-electron chi connectivity index (χ3n) is 2.36. The summed E-state index contributed by atoms with van der Waals surface area (Å²) in [5.74, 6) is -0.0190. The zero-order valence-corrected chi connectivity index (χ0v) is 8.49. The maximum absolute atomic E-state index is 10.6. The highest BCUT2D eigenvalue weighted by Crippen LogP contribution is 2.30. The van der Waals surface area contributed by atoms with E-state index in [1.54, 1.807) is 0 Å². The van der Waals surface area contributed by atoms with Gasteiger partial charge in [0.15, 0.2) is 0 Å². The van der Waals surface area contributed by atoms with E-state index in [0.717, 1.165) is 17.0 Å². The van der Waals surface area contributed by atoms with Crippen molar-refractivity contribution in [3.05, 3.63) is 23.8 Å². The van der Waals surface area contributed by atoms with Crippen molar-refractivity contribution in [2.24, 2.45) is 0 Å². The molecule has 1 aliphatic heterocycles. The molecule has 0 aliphatic carbocycles. The first-order chi connectivity index (χ1) is 7.15. The van der Waals surface area contributed by atoms with Crippen molar-refractivity contribution in [2.45, 2.75) is 19.4 Å². The first-order valence-corrected chi connectivity index (χ1v) is 4.87. The molecule has 0 saturated heterocycles. The molecule has 1 heterocycles. The van der Waals surface area contributed by atoms with E-state index in [9.17, 15) is 4.79 Å². The summed E-state index contributed by atoms with van der Waals surface area (Å²) in [6.45, 7) is 2.39. The lowest BCUT2D eigenvalue weighted by molar-refractivity contribution is -0.137. The Morgan fingerprint density at radius 3 is 3.20 bits per heavy atom. The van der Waals surface area contributed by atoms with Crippen molar-refractivity contribution in [3.8, 4) is 5.75 Å². The molecule has 0 unspecified atom stereocenters. The van der Waals surface area contributed by atoms with Crippen LogP contribution in [0.25, 0.3) is 0 Å². The van der Waals surface area contributed by atoms with Crippen LogP contribution >= 0.6 is 0 Å². The van der Waals surface area contributed by atoms with E-state index in [2.05, 4.69) is 5.32 Å². The molecule has 0 radical (unpaired) electrons. The number of carbonyl (C=O) groups is 1. The Labute approximate surface area is 87.9 Å². The SMILES string of the molecule is Cc1ccc2c(c1)N[C@@H](CC(=O)O)CO2. The predicted octanol–water partition coefficient (Wildman–Crippen LogP) is 1.64. The third kappa shape index (κ3) is 2.21. The minimum atomic E-state index is -0.813. The van der Waals surface area contributed by atoms with Crippen LogP contribution in [0.2, 0.25) is 0 Å². The molecular weight excluding hydrogens is 194 g/mol. The minimum Gasteiger partial charge on any atom is -0.489 e. The van der Waals surface area contributed by atoms with E-state index in [-0.39, 0.29) is 12.5 Å². The summed E-state index contributed by atoms with van der Waals surface area (Å²) in [6.07, 6.45) is 0.0768. The number of carboxylic acid groups (broad SMARTS) is 1. The van der Waals surface area contributed by atoms with Crippen LogP contribution in [0.5, 0.6) is 5.75 Å². The second-order valence-corrected chi connectivity index (χ2v) is 3.75. The van der Waals surface area contributed by atoms with Crippen LogP contribution in [0.3, 0.4) is 0 Å². The molecule has 0 fully saturated rings. The van der Waals surface area contributed by atoms with Crippen LogP contribution in [-0.4, -0.2) is 23.7 Å². The van der Waals surface area contributed by atoms with Crippen molar-refractivity contribution in [3.63, 3.8) is 0 Å². The number of rotatable bonds is 2. The number of fused-ring (bicyclic) bond motifs is 1. The molecule has 80 valence electrons. The molecule has 15 heavy (non-hydrogen) atoms. The largest absolute Gasteiger partial charge is 0.489 e. The molecular formula is C11H13NO3. The van der Waals surface area contributed by atoms with Crippen molar-refractivity contribution in [1.29, 1.82) is 0 Å². The number of aryl methyl sites for hydroxylation is 1. The first-order valence-electron chi connectivity index (χ1n) is 4.87. The summed E-state index contributed by atoms with van der Waals surface area (Å²) in [4.78, 5) is 10.6. The van der Waals surface area contributed by atoms with Gasteiger partial charge in [0.05, 0.1) is 18.2 Å². The highest BCUT2D eigenvalue weighted by molar-refractivity contribution is 5.69. The van der Waals surface area contributed by atoms with E-state index in [1.165, 1.54) is 0 Å². The molecule has 0 saturated carbocycles. The number of benzene rings is 1. The van der Waals surface area contributed by atoms with Gasteiger partial charge in [-0.25, -0.2) is 0 Å². The number of carboxylic acids is 1. The number of hydrogen-bond donors (Lipinski definition) is 2. The average Bonchev–Trinajstić information content (AvgIpc) is 2.16. The maximum atomic E-state index is 10.6. The fourth-order valence-electron chi connectivity index (χ4n) is 1.66. The molecule has 0 amide bonds. The summed E-state index contributed by atoms with van der Waals surface area (Å²) in [5.41, 5.74) is 2.01. The molecule has 0 aromatic heterocycles. The van der Waals surface area contributed by atoms with Gasteiger partial charge in [0.25, 0.3) is 0 Å². The standard InChI is InChI=1S/C11H13NO3/c1-7-2-3-10-9(4-7)12-8(6-15-10)5-11(13)14/h2-4,8,12H,5-6H2,1H3,(H,13,14)/t8-/m0/s1. The second kappa shape index (κ2) is 3.81. The number of anilines is 1. The summed E-state index contributed by atoms with van der Waals surface area (Å²) < 4.78 is 5.47. The summed E-state index contributed by atoms with van der Waals surface area (Å²) in [5, 5.41) is 11.8. The minimum absolute atomic E-state index is 0.0768. The molecule has 1 aromatic rings. The Morgan fingerprint density at radius 2 is 2.47 bits per heavy atom. The molecule has 1 aliphatic rings. The lowest BCUT2D eigenvalue weighted by atomic mass is 10.1. The zero-order valence-electron chi connectivity index (χ0n) is 8.49. The van der Waals surface area contributed by atoms with Crippen LogP contribution in [-0.2, 0) is 4.79 Å². The van der Waals surface area contributed by atoms with E-state index in [4.69, 9.17) is 9.84 Å². The monoisotopic (exact) mass is 207 g/mol. The Hall–Kier alpha value is -1.71. The quantitative estimate of drug-likeness (QED) is 0.774. The Kier molecular flexibility index (Phi) is 2.49. The topological polar surface area (TPSA) is 58.6 Å². The van der Waals surface area contributed by atoms with Gasteiger partial charge in [-0.1, -0.05) is 6.07 Å². The fourth-order valence-corrected chi connectivity index (χ4v) is 1.66. The Balaban J connectivity index is 2.14. The van der Waals surface area contributed by atoms with Gasteiger partial charge in [0.1, 0.15) is 12.4 Å². The van der Waals surface area contributed by atoms with Gasteiger partial charge in [0.2, 0.25) is 0 Å². The molecule has 4 heteroatoms. The molecule has 1 aromatic carbocycles. The third-order valence-corrected chi connectivity index (χ3v) is 2.36. The lowest BCUT2D eigenvalue weighted by Crippen LogP contribution is -2.33. The number of aliphatic carboxylic acids is 1. The normalized spacial score (nSPS) is 18.6. The molecule has 1 atom stereocenters. The van der Waals surface area contributed by atoms with Crippen LogP contribution < -0.4 is 10.1 Å². The van der Waals surface area contributed by atoms with Gasteiger partial charge in [-0.3, -0.25) is 4.79 Å². The van der Waals surface area contributed by atoms with Crippen molar-refractivity contribution in [1.82, 2.24) is 0 Å². The number of hydrogen-bond acceptors (Lipinski definition) is 3. The van der Waals surface area contributed by atoms with Crippen LogP contribution in [0.15, 0.2) is 18.2 Å². The van der Waals surface area contributed by atoms with Crippen molar-refractivity contribution >= 4 is 11.7 Å². The predicted molar refractivity (Wildman–Crippen MR) is 56.3 cm³/mol. The van der Waals surface area contributed by atoms with Gasteiger partial charge in [-0.05, 0) is 24.6 Å². The van der Waals surface area contributed by atoms with E-state index < -0.39 is 5.97 Å². The summed E-state index contributed by atoms with van der Waals surface area (Å²) in [6, 6.07) is 5.69. The highest BCUT2D eigenvalue weighted by Gasteiger charge is 2.20. The van der Waals surface area contributed by atoms with Crippen molar-refractivity contribution < 1.29 is 14.6 Å². The fraction of sp³-hybridized carbons (Fsp3) is 0.364. The van der Waals surface area contributed by atoms with E-state index >= 15 is 0 Å². The van der Waals surface area contributed by atoms with E-state index in [1.807, 2.05) is 25.1 Å². The summed E-state index contributed by atoms with van der Waals surface area (Å²) >= 11 is 0. The second-order valence-electron chi connectivity index (χ2n) is 3.75. The smallest absolute Gasteiger partial charge is 0.305 e. The lowest BCUT2D eigenvalue weighted by Gasteiger charge is -2.26. The zero-order chi connectivity index (χ0) is 10.8. The van der Waals surface area contributed by atoms with E-state index in [0.29, 0.717) is 6.61 Å². The molecule has 2 rings (SSSR count). The Morgan fingerprint density at radius 1 is 1.67 bits per heavy atom. The van der Waals surface area contributed by atoms with Crippen molar-refractivity contribution in [2.75, 3.05) is 11.9 Å². The van der Waals surface area contributed by atoms with Crippen LogP contribution in [0, 0.1) is 6.92 Å². The average molecular weight is 207 g/mol. The molecule has 4 nitrogen and oxygen atoms in total. The van der Waals surface area contributed by atoms with Gasteiger partial charge < -0.3 is 15.2 Å². The molecule has 0 spiro atoms. The number of nitrogens with one attached hydrogen (secondary N) is 1. The van der Waals surface area contributed by atoms with Gasteiger partial charge in [0, 0.05) is 0 Å². The van der Waals surface area contributed by atoms with Crippen LogP contribution in [0.4, 0.5) is 5.69 Å². The molecule has 0 bridgehead atoms. The maximum Gasteiger partial charge on any atom is 0.305 e. The van der Waals surface area contributed by atoms with Gasteiger partial charge >= 0.3 is 5.97 Å². The summed E-state index contributed by atoms with van der Waals surface area (Å²) in [7, 11) is 0. The molecule has 2 N–H and O–H groups in total. The Bertz CT molecular complexity index is 389.